The van der Waals surface area contributed by atoms with Gasteiger partial charge in [-0.25, -0.2) is 9.78 Å². The number of H-pyrrole nitrogens is 1. The summed E-state index contributed by atoms with van der Waals surface area (Å²) in [6.45, 7) is 0. The molecule has 0 saturated heterocycles. The molecule has 0 aromatic carbocycles. The van der Waals surface area contributed by atoms with Crippen LogP contribution in [0.4, 0.5) is 0 Å². The predicted molar refractivity (Wildman–Crippen MR) is 55.1 cm³/mol. The molecule has 0 aliphatic carbocycles. The predicted octanol–water partition coefficient (Wildman–Crippen LogP) is 2.11. The first-order valence-corrected chi connectivity index (χ1v) is 4.72. The number of pyridine rings is 1. The maximum Gasteiger partial charge on any atom is 0.354 e. The number of aromatic amines is 1. The van der Waals surface area contributed by atoms with Crippen molar-refractivity contribution >= 4 is 32.9 Å². The third kappa shape index (κ3) is 1.50. The lowest BCUT2D eigenvalue weighted by molar-refractivity contribution is 0.0595. The Morgan fingerprint density at radius 3 is 3.07 bits per heavy atom. The number of ether oxygens (including phenoxy) is 1. The highest BCUT2D eigenvalue weighted by molar-refractivity contribution is 9.10. The molecule has 14 heavy (non-hydrogen) atoms. The molecule has 72 valence electrons. The molecule has 2 heterocycles. The van der Waals surface area contributed by atoms with Gasteiger partial charge in [-0.2, -0.15) is 0 Å². The average Bonchev–Trinajstić information content (AvgIpc) is 2.59. The van der Waals surface area contributed by atoms with Gasteiger partial charge in [-0.15, -0.1) is 0 Å². The number of hydrogen-bond donors (Lipinski definition) is 1. The molecule has 2 aromatic heterocycles. The Kier molecular flexibility index (Phi) is 2.25. The van der Waals surface area contributed by atoms with Crippen molar-refractivity contribution in [1.29, 1.82) is 0 Å². The van der Waals surface area contributed by atoms with Crippen molar-refractivity contribution in [3.05, 3.63) is 28.5 Å². The summed E-state index contributed by atoms with van der Waals surface area (Å²) in [6, 6.07) is 3.59. The first-order valence-electron chi connectivity index (χ1n) is 3.93. The van der Waals surface area contributed by atoms with Gasteiger partial charge in [-0.3, -0.25) is 0 Å². The lowest BCUT2D eigenvalue weighted by Crippen LogP contribution is -2.00. The van der Waals surface area contributed by atoms with Crippen LogP contribution in [0.1, 0.15) is 10.5 Å². The summed E-state index contributed by atoms with van der Waals surface area (Å²) in [5, 5.41) is 0.875. The summed E-state index contributed by atoms with van der Waals surface area (Å²) in [6.07, 6.45) is 1.67. The van der Waals surface area contributed by atoms with E-state index in [1.54, 1.807) is 12.3 Å². The van der Waals surface area contributed by atoms with Gasteiger partial charge in [0.05, 0.1) is 7.11 Å². The smallest absolute Gasteiger partial charge is 0.354 e. The zero-order valence-corrected chi connectivity index (χ0v) is 8.96. The molecular formula is C9H7BrN2O2. The molecule has 0 atom stereocenters. The molecule has 5 heteroatoms. The molecule has 1 N–H and O–H groups in total. The summed E-state index contributed by atoms with van der Waals surface area (Å²) >= 11 is 3.30. The van der Waals surface area contributed by atoms with Gasteiger partial charge in [-0.05, 0) is 28.1 Å². The molecule has 0 aliphatic rings. The Morgan fingerprint density at radius 2 is 2.36 bits per heavy atom. The minimum Gasteiger partial charge on any atom is -0.464 e. The Balaban J connectivity index is 2.56. The molecule has 0 unspecified atom stereocenters. The molecular weight excluding hydrogens is 248 g/mol. The van der Waals surface area contributed by atoms with Crippen LogP contribution in [0.5, 0.6) is 0 Å². The number of aromatic nitrogens is 2. The number of esters is 1. The van der Waals surface area contributed by atoms with E-state index >= 15 is 0 Å². The van der Waals surface area contributed by atoms with Crippen LogP contribution in [0, 0.1) is 0 Å². The first-order chi connectivity index (χ1) is 6.70. The van der Waals surface area contributed by atoms with Crippen LogP contribution in [0.3, 0.4) is 0 Å². The topological polar surface area (TPSA) is 55.0 Å². The summed E-state index contributed by atoms with van der Waals surface area (Å²) in [5.41, 5.74) is 1.08. The number of nitrogens with zero attached hydrogens (tertiary/aromatic N) is 1. The van der Waals surface area contributed by atoms with Crippen molar-refractivity contribution in [2.45, 2.75) is 0 Å². The molecule has 0 aliphatic heterocycles. The second kappa shape index (κ2) is 3.42. The Bertz CT molecular complexity index is 493. The van der Waals surface area contributed by atoms with E-state index in [4.69, 9.17) is 0 Å². The summed E-state index contributed by atoms with van der Waals surface area (Å²) in [4.78, 5) is 18.1. The highest BCUT2D eigenvalue weighted by atomic mass is 79.9. The number of methoxy groups -OCH3 is 1. The lowest BCUT2D eigenvalue weighted by Gasteiger charge is -1.91. The van der Waals surface area contributed by atoms with Gasteiger partial charge >= 0.3 is 5.97 Å². The Labute approximate surface area is 88.4 Å². The maximum atomic E-state index is 11.2. The second-order valence-corrected chi connectivity index (χ2v) is 3.68. The van der Waals surface area contributed by atoms with E-state index < -0.39 is 0 Å². The van der Waals surface area contributed by atoms with Crippen molar-refractivity contribution < 1.29 is 9.53 Å². The van der Waals surface area contributed by atoms with E-state index in [9.17, 15) is 4.79 Å². The van der Waals surface area contributed by atoms with Gasteiger partial charge in [0.15, 0.2) is 0 Å². The van der Waals surface area contributed by atoms with E-state index in [1.807, 2.05) is 6.07 Å². The van der Waals surface area contributed by atoms with Crippen molar-refractivity contribution in [2.24, 2.45) is 0 Å². The molecule has 0 radical (unpaired) electrons. The largest absolute Gasteiger partial charge is 0.464 e. The number of nitrogens with one attached hydrogen (secondary N) is 1. The van der Waals surface area contributed by atoms with Crippen LogP contribution in [0.2, 0.25) is 0 Å². The van der Waals surface area contributed by atoms with Gasteiger partial charge in [0.2, 0.25) is 0 Å². The van der Waals surface area contributed by atoms with Crippen LogP contribution >= 0.6 is 15.9 Å². The SMILES string of the molecule is COC(=O)c1cc2cc(Br)cnc2[nH]1. The van der Waals surface area contributed by atoms with E-state index in [2.05, 4.69) is 30.6 Å². The van der Waals surface area contributed by atoms with E-state index in [1.165, 1.54) is 7.11 Å². The monoisotopic (exact) mass is 254 g/mol. The minimum atomic E-state index is -0.390. The molecule has 2 rings (SSSR count). The number of hydrogen-bond acceptors (Lipinski definition) is 3. The molecule has 0 bridgehead atoms. The van der Waals surface area contributed by atoms with Crippen LogP contribution in [-0.2, 0) is 4.74 Å². The number of carbonyl (C=O) groups is 1. The number of halogens is 1. The number of rotatable bonds is 1. The van der Waals surface area contributed by atoms with E-state index in [0.29, 0.717) is 11.3 Å². The van der Waals surface area contributed by atoms with E-state index in [-0.39, 0.29) is 5.97 Å². The summed E-state index contributed by atoms with van der Waals surface area (Å²) in [5.74, 6) is -0.390. The highest BCUT2D eigenvalue weighted by Gasteiger charge is 2.09. The van der Waals surface area contributed by atoms with Crippen molar-refractivity contribution in [1.82, 2.24) is 9.97 Å². The van der Waals surface area contributed by atoms with Crippen molar-refractivity contribution in [3.63, 3.8) is 0 Å². The fraction of sp³-hybridized carbons (Fsp3) is 0.111. The number of fused-ring (bicyclic) bond motifs is 1. The lowest BCUT2D eigenvalue weighted by atomic mass is 10.3. The third-order valence-corrected chi connectivity index (χ3v) is 2.28. The van der Waals surface area contributed by atoms with Crippen LogP contribution in [0.15, 0.2) is 22.8 Å². The van der Waals surface area contributed by atoms with Crippen LogP contribution < -0.4 is 0 Å². The van der Waals surface area contributed by atoms with Gasteiger partial charge in [0, 0.05) is 16.1 Å². The van der Waals surface area contributed by atoms with Gasteiger partial charge in [0.1, 0.15) is 11.3 Å². The number of carbonyl (C=O) groups excluding carboxylic acids is 1. The third-order valence-electron chi connectivity index (χ3n) is 1.84. The molecule has 0 fully saturated rings. The van der Waals surface area contributed by atoms with Gasteiger partial charge in [-0.1, -0.05) is 0 Å². The Morgan fingerprint density at radius 1 is 1.57 bits per heavy atom. The normalized spacial score (nSPS) is 10.4. The zero-order valence-electron chi connectivity index (χ0n) is 7.37. The van der Waals surface area contributed by atoms with Gasteiger partial charge in [0.25, 0.3) is 0 Å². The molecule has 0 spiro atoms. The van der Waals surface area contributed by atoms with Gasteiger partial charge < -0.3 is 9.72 Å². The summed E-state index contributed by atoms with van der Waals surface area (Å²) < 4.78 is 5.46. The fourth-order valence-electron chi connectivity index (χ4n) is 1.21. The van der Waals surface area contributed by atoms with E-state index in [0.717, 1.165) is 9.86 Å². The highest BCUT2D eigenvalue weighted by Crippen LogP contribution is 2.18. The minimum absolute atomic E-state index is 0.390. The quantitative estimate of drug-likeness (QED) is 0.794. The van der Waals surface area contributed by atoms with Crippen molar-refractivity contribution in [3.8, 4) is 0 Å². The molecule has 4 nitrogen and oxygen atoms in total. The fourth-order valence-corrected chi connectivity index (χ4v) is 1.56. The maximum absolute atomic E-state index is 11.2. The molecule has 0 saturated carbocycles. The second-order valence-electron chi connectivity index (χ2n) is 2.77. The average molecular weight is 255 g/mol. The standard InChI is InChI=1S/C9H7BrN2O2/c1-14-9(13)7-3-5-2-6(10)4-11-8(5)12-7/h2-4H,1H3,(H,11,12). The molecule has 2 aromatic rings. The Hall–Kier alpha value is -1.36. The van der Waals surface area contributed by atoms with Crippen molar-refractivity contribution in [2.75, 3.05) is 7.11 Å². The first kappa shape index (κ1) is 9.21. The van der Waals surface area contributed by atoms with Crippen LogP contribution in [-0.4, -0.2) is 23.0 Å². The molecule has 0 amide bonds. The zero-order chi connectivity index (χ0) is 10.1. The van der Waals surface area contributed by atoms with Crippen LogP contribution in [0.25, 0.3) is 11.0 Å². The summed E-state index contributed by atoms with van der Waals surface area (Å²) in [7, 11) is 1.34.